The summed E-state index contributed by atoms with van der Waals surface area (Å²) in [6, 6.07) is 5.21. The predicted molar refractivity (Wildman–Crippen MR) is 101 cm³/mol. The van der Waals surface area contributed by atoms with E-state index >= 15 is 0 Å². The Labute approximate surface area is 155 Å². The number of carbonyl (C=O) groups is 1. The second-order valence-electron chi connectivity index (χ2n) is 6.55. The summed E-state index contributed by atoms with van der Waals surface area (Å²) in [4.78, 5) is 12.6. The highest BCUT2D eigenvalue weighted by molar-refractivity contribution is 7.89. The van der Waals surface area contributed by atoms with Gasteiger partial charge < -0.3 is 15.4 Å². The number of amides is 1. The Hall–Kier alpha value is -1.90. The quantitative estimate of drug-likeness (QED) is 0.585. The van der Waals surface area contributed by atoms with Gasteiger partial charge in [0.05, 0.1) is 12.0 Å². The Morgan fingerprint density at radius 3 is 2.50 bits per heavy atom. The fourth-order valence-electron chi connectivity index (χ4n) is 2.62. The largest absolute Gasteiger partial charge is 0.497 e. The highest BCUT2D eigenvalue weighted by Gasteiger charge is 2.28. The third-order valence-electron chi connectivity index (χ3n) is 4.25. The van der Waals surface area contributed by atoms with Gasteiger partial charge in [0.25, 0.3) is 0 Å². The molecule has 1 aliphatic rings. The first-order valence-corrected chi connectivity index (χ1v) is 10.1. The van der Waals surface area contributed by atoms with Crippen LogP contribution in [0.3, 0.4) is 0 Å². The maximum absolute atomic E-state index is 12.6. The van der Waals surface area contributed by atoms with Crippen molar-refractivity contribution in [1.29, 1.82) is 0 Å². The Kier molecular flexibility index (Phi) is 7.19. The molecular formula is C18H27N3O4S. The van der Waals surface area contributed by atoms with Crippen LogP contribution in [-0.2, 0) is 14.8 Å². The fraction of sp³-hybridized carbons (Fsp3) is 0.500. The van der Waals surface area contributed by atoms with Crippen molar-refractivity contribution in [2.24, 2.45) is 5.92 Å². The summed E-state index contributed by atoms with van der Waals surface area (Å²) in [6.45, 7) is 5.74. The molecule has 2 rings (SSSR count). The first-order chi connectivity index (χ1) is 12.3. The van der Waals surface area contributed by atoms with Gasteiger partial charge in [-0.2, -0.15) is 4.72 Å². The molecule has 0 spiro atoms. The van der Waals surface area contributed by atoms with E-state index in [0.29, 0.717) is 12.3 Å². The molecule has 144 valence electrons. The summed E-state index contributed by atoms with van der Waals surface area (Å²) in [5.41, 5.74) is 1.15. The van der Waals surface area contributed by atoms with E-state index in [1.165, 1.54) is 19.2 Å². The number of hydrogen-bond acceptors (Lipinski definition) is 5. The van der Waals surface area contributed by atoms with E-state index in [1.54, 1.807) is 12.1 Å². The number of methoxy groups -OCH3 is 1. The molecule has 1 heterocycles. The van der Waals surface area contributed by atoms with Gasteiger partial charge in [-0.3, -0.25) is 4.79 Å². The second kappa shape index (κ2) is 9.16. The first kappa shape index (κ1) is 20.4. The molecular weight excluding hydrogens is 354 g/mol. The van der Waals surface area contributed by atoms with Gasteiger partial charge in [-0.05, 0) is 43.1 Å². The number of sulfonamides is 1. The van der Waals surface area contributed by atoms with Crippen LogP contribution < -0.4 is 20.1 Å². The van der Waals surface area contributed by atoms with Gasteiger partial charge in [0, 0.05) is 13.1 Å². The third-order valence-corrected chi connectivity index (χ3v) is 5.71. The van der Waals surface area contributed by atoms with Crippen LogP contribution in [-0.4, -0.2) is 47.1 Å². The van der Waals surface area contributed by atoms with Gasteiger partial charge in [-0.1, -0.05) is 25.5 Å². The maximum atomic E-state index is 12.6. The molecule has 0 aromatic heterocycles. The van der Waals surface area contributed by atoms with Crippen LogP contribution in [0.15, 0.2) is 40.8 Å². The summed E-state index contributed by atoms with van der Waals surface area (Å²) < 4.78 is 32.8. The Bertz CT molecular complexity index is 742. The minimum Gasteiger partial charge on any atom is -0.497 e. The van der Waals surface area contributed by atoms with Gasteiger partial charge in [-0.25, -0.2) is 8.42 Å². The highest BCUT2D eigenvalue weighted by Crippen LogP contribution is 2.17. The molecule has 1 amide bonds. The van der Waals surface area contributed by atoms with E-state index in [0.717, 1.165) is 25.1 Å². The standard InChI is InChI=1S/C18H27N3O4S/c1-13(2)17(18(22)20-12-14-8-10-19-11-9-14)21-26(23,24)16-6-4-15(25-3)5-7-16/h4-8,13,17,19,21H,9-12H2,1-3H3,(H,20,22). The van der Waals surface area contributed by atoms with Crippen LogP contribution in [0.25, 0.3) is 0 Å². The Morgan fingerprint density at radius 2 is 1.96 bits per heavy atom. The molecule has 0 saturated carbocycles. The Balaban J connectivity index is 2.05. The van der Waals surface area contributed by atoms with Crippen molar-refractivity contribution < 1.29 is 17.9 Å². The molecule has 1 aromatic carbocycles. The zero-order chi connectivity index (χ0) is 19.2. The minimum atomic E-state index is -3.81. The lowest BCUT2D eigenvalue weighted by Gasteiger charge is -2.22. The fourth-order valence-corrected chi connectivity index (χ4v) is 3.97. The lowest BCUT2D eigenvalue weighted by atomic mass is 10.0. The van der Waals surface area contributed by atoms with Gasteiger partial charge in [0.1, 0.15) is 11.8 Å². The molecule has 8 heteroatoms. The van der Waals surface area contributed by atoms with Gasteiger partial charge in [-0.15, -0.1) is 0 Å². The van der Waals surface area contributed by atoms with Crippen molar-refractivity contribution in [3.05, 3.63) is 35.9 Å². The van der Waals surface area contributed by atoms with Crippen LogP contribution in [0.2, 0.25) is 0 Å². The number of benzene rings is 1. The summed E-state index contributed by atoms with van der Waals surface area (Å²) >= 11 is 0. The van der Waals surface area contributed by atoms with E-state index < -0.39 is 16.1 Å². The number of hydrogen-bond donors (Lipinski definition) is 3. The maximum Gasteiger partial charge on any atom is 0.241 e. The van der Waals surface area contributed by atoms with Crippen molar-refractivity contribution in [2.45, 2.75) is 31.2 Å². The lowest BCUT2D eigenvalue weighted by Crippen LogP contribution is -2.50. The predicted octanol–water partition coefficient (Wildman–Crippen LogP) is 1.03. The van der Waals surface area contributed by atoms with Crippen molar-refractivity contribution in [2.75, 3.05) is 26.7 Å². The highest BCUT2D eigenvalue weighted by atomic mass is 32.2. The molecule has 3 N–H and O–H groups in total. The number of rotatable bonds is 8. The molecule has 0 fully saturated rings. The van der Waals surface area contributed by atoms with E-state index in [-0.39, 0.29) is 16.7 Å². The molecule has 26 heavy (non-hydrogen) atoms. The van der Waals surface area contributed by atoms with Gasteiger partial charge in [0.15, 0.2) is 0 Å². The summed E-state index contributed by atoms with van der Waals surface area (Å²) in [7, 11) is -2.30. The molecule has 1 aromatic rings. The number of carbonyl (C=O) groups excluding carboxylic acids is 1. The minimum absolute atomic E-state index is 0.0952. The molecule has 1 atom stereocenters. The van der Waals surface area contributed by atoms with Crippen molar-refractivity contribution >= 4 is 15.9 Å². The average molecular weight is 381 g/mol. The summed E-state index contributed by atoms with van der Waals surface area (Å²) in [5, 5.41) is 6.06. The topological polar surface area (TPSA) is 96.5 Å². The third kappa shape index (κ3) is 5.55. The lowest BCUT2D eigenvalue weighted by molar-refractivity contribution is -0.123. The van der Waals surface area contributed by atoms with E-state index in [2.05, 4.69) is 21.4 Å². The van der Waals surface area contributed by atoms with E-state index in [4.69, 9.17) is 4.74 Å². The molecule has 1 unspecified atom stereocenters. The van der Waals surface area contributed by atoms with Crippen molar-refractivity contribution in [3.63, 3.8) is 0 Å². The zero-order valence-corrected chi connectivity index (χ0v) is 16.2. The SMILES string of the molecule is COc1ccc(S(=O)(=O)NC(C(=O)NCC2=CCNCC2)C(C)C)cc1. The molecule has 1 aliphatic heterocycles. The van der Waals surface area contributed by atoms with E-state index in [1.807, 2.05) is 13.8 Å². The normalized spacial score (nSPS) is 16.1. The van der Waals surface area contributed by atoms with Crippen LogP contribution in [0.5, 0.6) is 5.75 Å². The molecule has 0 radical (unpaired) electrons. The molecule has 0 aliphatic carbocycles. The monoisotopic (exact) mass is 381 g/mol. The summed E-state index contributed by atoms with van der Waals surface area (Å²) in [6.07, 6.45) is 2.93. The smallest absolute Gasteiger partial charge is 0.241 e. The molecule has 7 nitrogen and oxygen atoms in total. The van der Waals surface area contributed by atoms with E-state index in [9.17, 15) is 13.2 Å². The van der Waals surface area contributed by atoms with Crippen LogP contribution in [0, 0.1) is 5.92 Å². The molecule has 0 bridgehead atoms. The first-order valence-electron chi connectivity index (χ1n) is 8.66. The van der Waals surface area contributed by atoms with Crippen LogP contribution >= 0.6 is 0 Å². The van der Waals surface area contributed by atoms with Gasteiger partial charge >= 0.3 is 0 Å². The van der Waals surface area contributed by atoms with Crippen molar-refractivity contribution in [3.8, 4) is 5.75 Å². The molecule has 0 saturated heterocycles. The Morgan fingerprint density at radius 1 is 1.27 bits per heavy atom. The number of nitrogens with one attached hydrogen (secondary N) is 3. The zero-order valence-electron chi connectivity index (χ0n) is 15.4. The van der Waals surface area contributed by atoms with Crippen LogP contribution in [0.4, 0.5) is 0 Å². The second-order valence-corrected chi connectivity index (χ2v) is 8.27. The van der Waals surface area contributed by atoms with Crippen LogP contribution in [0.1, 0.15) is 20.3 Å². The summed E-state index contributed by atoms with van der Waals surface area (Å²) in [5.74, 6) is 0.0545. The van der Waals surface area contributed by atoms with Crippen molar-refractivity contribution in [1.82, 2.24) is 15.4 Å². The average Bonchev–Trinajstić information content (AvgIpc) is 2.65. The number of ether oxygens (including phenoxy) is 1. The van der Waals surface area contributed by atoms with Gasteiger partial charge in [0.2, 0.25) is 15.9 Å².